The highest BCUT2D eigenvalue weighted by atomic mass is 19.1. The number of amides is 1. The number of rotatable bonds is 9. The van der Waals surface area contributed by atoms with Crippen molar-refractivity contribution in [2.75, 3.05) is 13.1 Å². The van der Waals surface area contributed by atoms with Crippen molar-refractivity contribution in [3.63, 3.8) is 0 Å². The monoisotopic (exact) mass is 542 g/mol. The molecule has 1 aromatic heterocycles. The summed E-state index contributed by atoms with van der Waals surface area (Å²) in [5.41, 5.74) is 8.27. The molecule has 208 valence electrons. The number of aryl methyl sites for hydroxylation is 1. The summed E-state index contributed by atoms with van der Waals surface area (Å²) in [4.78, 5) is 34.8. The summed E-state index contributed by atoms with van der Waals surface area (Å²) >= 11 is 0. The molecule has 1 amide bonds. The van der Waals surface area contributed by atoms with Crippen LogP contribution >= 0.6 is 0 Å². The van der Waals surface area contributed by atoms with Crippen molar-refractivity contribution >= 4 is 5.91 Å². The van der Waals surface area contributed by atoms with E-state index in [0.717, 1.165) is 11.1 Å². The molecule has 2 aromatic carbocycles. The van der Waals surface area contributed by atoms with E-state index in [1.165, 1.54) is 6.08 Å². The molecule has 1 aliphatic carbocycles. The Labute approximate surface area is 233 Å². The van der Waals surface area contributed by atoms with Gasteiger partial charge in [-0.3, -0.25) is 14.2 Å². The van der Waals surface area contributed by atoms with Crippen LogP contribution in [0.4, 0.5) is 4.39 Å². The fraction of sp³-hybridized carbons (Fsp3) is 0.344. The molecule has 8 heteroatoms. The largest absolute Gasteiger partial charge is 0.478 e. The van der Waals surface area contributed by atoms with Crippen LogP contribution in [0.3, 0.4) is 0 Å². The van der Waals surface area contributed by atoms with E-state index in [1.54, 1.807) is 21.6 Å². The predicted octanol–water partition coefficient (Wildman–Crippen LogP) is 5.06. The molecule has 3 aromatic rings. The zero-order valence-corrected chi connectivity index (χ0v) is 23.1. The second-order valence-electron chi connectivity index (χ2n) is 10.8. The van der Waals surface area contributed by atoms with Gasteiger partial charge in [0.05, 0.1) is 18.5 Å². The molecular formula is C32H35FN4O3. The lowest BCUT2D eigenvalue weighted by Crippen LogP contribution is -2.42. The van der Waals surface area contributed by atoms with Crippen LogP contribution in [0.1, 0.15) is 65.2 Å². The number of halogens is 1. The minimum absolute atomic E-state index is 0.0608. The number of nitrogens with two attached hydrogens (primary N) is 1. The van der Waals surface area contributed by atoms with Crippen LogP contribution in [0, 0.1) is 12.8 Å². The van der Waals surface area contributed by atoms with Gasteiger partial charge in [0.25, 0.3) is 11.5 Å². The fourth-order valence-electron chi connectivity index (χ4n) is 5.48. The molecule has 3 atom stereocenters. The molecule has 5 rings (SSSR count). The third kappa shape index (κ3) is 5.23. The molecule has 2 aliphatic rings. The van der Waals surface area contributed by atoms with Gasteiger partial charge in [0, 0.05) is 12.1 Å². The summed E-state index contributed by atoms with van der Waals surface area (Å²) < 4.78 is 22.7. The van der Waals surface area contributed by atoms with Crippen molar-refractivity contribution in [1.29, 1.82) is 0 Å². The van der Waals surface area contributed by atoms with Gasteiger partial charge in [0.2, 0.25) is 5.75 Å². The highest BCUT2D eigenvalue weighted by Gasteiger charge is 2.43. The quantitative estimate of drug-likeness (QED) is 0.408. The summed E-state index contributed by atoms with van der Waals surface area (Å²) in [6.07, 6.45) is 4.65. The van der Waals surface area contributed by atoms with Gasteiger partial charge in [-0.05, 0) is 55.7 Å². The van der Waals surface area contributed by atoms with Crippen LogP contribution < -0.4 is 16.0 Å². The number of carbonyl (C=O) groups is 1. The Kier molecular flexibility index (Phi) is 7.98. The van der Waals surface area contributed by atoms with Crippen molar-refractivity contribution in [1.82, 2.24) is 14.5 Å². The van der Waals surface area contributed by atoms with E-state index in [1.807, 2.05) is 75.4 Å². The first-order chi connectivity index (χ1) is 19.3. The lowest BCUT2D eigenvalue weighted by molar-refractivity contribution is 0.0601. The van der Waals surface area contributed by atoms with E-state index in [9.17, 15) is 9.59 Å². The van der Waals surface area contributed by atoms with E-state index in [-0.39, 0.29) is 35.4 Å². The average Bonchev–Trinajstić information content (AvgIpc) is 3.33. The van der Waals surface area contributed by atoms with E-state index in [0.29, 0.717) is 30.9 Å². The van der Waals surface area contributed by atoms with Gasteiger partial charge in [-0.25, -0.2) is 9.37 Å². The van der Waals surface area contributed by atoms with E-state index < -0.39 is 23.9 Å². The lowest BCUT2D eigenvalue weighted by Gasteiger charge is -2.35. The van der Waals surface area contributed by atoms with Gasteiger partial charge < -0.3 is 15.4 Å². The first-order valence-electron chi connectivity index (χ1n) is 13.8. The van der Waals surface area contributed by atoms with Gasteiger partial charge in [0.15, 0.2) is 0 Å². The lowest BCUT2D eigenvalue weighted by atomic mass is 9.94. The van der Waals surface area contributed by atoms with Crippen LogP contribution in [0.2, 0.25) is 0 Å². The fourth-order valence-corrected chi connectivity index (χ4v) is 5.48. The summed E-state index contributed by atoms with van der Waals surface area (Å²) in [7, 11) is 0. The summed E-state index contributed by atoms with van der Waals surface area (Å²) in [5.74, 6) is -1.02. The second-order valence-corrected chi connectivity index (χ2v) is 10.8. The summed E-state index contributed by atoms with van der Waals surface area (Å²) in [6, 6.07) is 16.4. The molecule has 0 spiro atoms. The van der Waals surface area contributed by atoms with Crippen LogP contribution in [0.5, 0.6) is 5.75 Å². The van der Waals surface area contributed by atoms with Crippen LogP contribution in [0.15, 0.2) is 83.4 Å². The third-order valence-corrected chi connectivity index (χ3v) is 7.49. The molecule has 3 unspecified atom stereocenters. The van der Waals surface area contributed by atoms with Gasteiger partial charge in [0.1, 0.15) is 23.4 Å². The minimum Gasteiger partial charge on any atom is -0.478 e. The molecule has 2 N–H and O–H groups in total. The predicted molar refractivity (Wildman–Crippen MR) is 153 cm³/mol. The first-order valence-corrected chi connectivity index (χ1v) is 13.8. The van der Waals surface area contributed by atoms with Crippen LogP contribution in [-0.4, -0.2) is 39.6 Å². The standard InChI is InChI=1S/C32H35FN4O3/c1-20(2)28(36(18-8-17-34)31(38)23-15-13-21(3)14-16-23)30-35-27-26-24(33)11-7-12-25(26)40-29(27)32(39)37(30)19-22-9-5-4-6-10-22/h4-7,9-16,20,25-26,28H,8,17-19,34H2,1-3H3. The molecule has 40 heavy (non-hydrogen) atoms. The van der Waals surface area contributed by atoms with Crippen LogP contribution in [-0.2, 0) is 6.54 Å². The summed E-state index contributed by atoms with van der Waals surface area (Å²) in [5, 5.41) is 0. The number of aromatic nitrogens is 2. The highest BCUT2D eigenvalue weighted by molar-refractivity contribution is 5.94. The molecule has 2 heterocycles. The van der Waals surface area contributed by atoms with Crippen molar-refractivity contribution in [3.8, 4) is 5.75 Å². The number of benzene rings is 2. The average molecular weight is 543 g/mol. The Bertz CT molecular complexity index is 1500. The SMILES string of the molecule is Cc1ccc(C(=O)N(CCCN)C(c2nc3c(c(=O)n2Cc2ccccc2)OC2C=CC=C(F)C32)C(C)C)cc1. The number of carbonyl (C=O) groups excluding carboxylic acids is 1. The van der Waals surface area contributed by atoms with Gasteiger partial charge in [-0.1, -0.05) is 68.0 Å². The number of ether oxygens (including phenoxy) is 1. The molecule has 0 fully saturated rings. The van der Waals surface area contributed by atoms with Gasteiger partial charge >= 0.3 is 0 Å². The third-order valence-electron chi connectivity index (χ3n) is 7.49. The Balaban J connectivity index is 1.69. The smallest absolute Gasteiger partial charge is 0.296 e. The summed E-state index contributed by atoms with van der Waals surface area (Å²) in [6.45, 7) is 6.98. The maximum Gasteiger partial charge on any atom is 0.296 e. The van der Waals surface area contributed by atoms with E-state index >= 15 is 4.39 Å². The van der Waals surface area contributed by atoms with E-state index in [2.05, 4.69) is 0 Å². The molecule has 0 saturated carbocycles. The molecule has 0 saturated heterocycles. The first kappa shape index (κ1) is 27.5. The number of nitrogens with zero attached hydrogens (tertiary/aromatic N) is 3. The van der Waals surface area contributed by atoms with Crippen molar-refractivity contribution in [3.05, 3.63) is 117 Å². The molecule has 7 nitrogen and oxygen atoms in total. The Morgan fingerprint density at radius 1 is 1.15 bits per heavy atom. The topological polar surface area (TPSA) is 90.5 Å². The maximum absolute atomic E-state index is 15.1. The van der Waals surface area contributed by atoms with Crippen molar-refractivity contribution in [2.24, 2.45) is 11.7 Å². The maximum atomic E-state index is 15.1. The van der Waals surface area contributed by atoms with Crippen molar-refractivity contribution < 1.29 is 13.9 Å². The Morgan fingerprint density at radius 3 is 2.55 bits per heavy atom. The van der Waals surface area contributed by atoms with E-state index in [4.69, 9.17) is 15.5 Å². The number of hydrogen-bond acceptors (Lipinski definition) is 5. The number of allylic oxidation sites excluding steroid dienone is 2. The Hall–Kier alpha value is -4.04. The van der Waals surface area contributed by atoms with Crippen molar-refractivity contribution in [2.45, 2.75) is 51.8 Å². The molecule has 0 bridgehead atoms. The zero-order valence-electron chi connectivity index (χ0n) is 23.1. The molecule has 0 radical (unpaired) electrons. The highest BCUT2D eigenvalue weighted by Crippen LogP contribution is 2.43. The number of fused-ring (bicyclic) bond motifs is 3. The molecular weight excluding hydrogens is 507 g/mol. The number of hydrogen-bond donors (Lipinski definition) is 1. The molecule has 1 aliphatic heterocycles. The Morgan fingerprint density at radius 2 is 1.88 bits per heavy atom. The van der Waals surface area contributed by atoms with Gasteiger partial charge in [-0.2, -0.15) is 0 Å². The normalized spacial score (nSPS) is 18.1. The van der Waals surface area contributed by atoms with Gasteiger partial charge in [-0.15, -0.1) is 0 Å². The van der Waals surface area contributed by atoms with Crippen LogP contribution in [0.25, 0.3) is 0 Å². The zero-order chi connectivity index (χ0) is 28.4. The second kappa shape index (κ2) is 11.6. The minimum atomic E-state index is -0.795.